The van der Waals surface area contributed by atoms with Crippen LogP contribution < -0.4 is 15.2 Å². The third-order valence-corrected chi connectivity index (χ3v) is 5.45. The second-order valence-corrected chi connectivity index (χ2v) is 8.60. The maximum atomic E-state index is 13.4. The summed E-state index contributed by atoms with van der Waals surface area (Å²) >= 11 is 11.9. The minimum Gasteiger partial charge on any atom is -0.456 e. The van der Waals surface area contributed by atoms with E-state index >= 15 is 0 Å². The fourth-order valence-electron chi connectivity index (χ4n) is 2.61. The van der Waals surface area contributed by atoms with E-state index in [1.807, 2.05) is 0 Å². The van der Waals surface area contributed by atoms with Crippen LogP contribution >= 0.6 is 23.2 Å². The lowest BCUT2D eigenvalue weighted by Crippen LogP contribution is -2.17. The van der Waals surface area contributed by atoms with Gasteiger partial charge < -0.3 is 10.1 Å². The Hall–Kier alpha value is -2.65. The Labute approximate surface area is 182 Å². The molecule has 6 nitrogen and oxygen atoms in total. The van der Waals surface area contributed by atoms with Crippen LogP contribution in [0.3, 0.4) is 0 Å². The minimum absolute atomic E-state index is 0.0362. The van der Waals surface area contributed by atoms with Crippen molar-refractivity contribution in [1.82, 2.24) is 0 Å². The van der Waals surface area contributed by atoms with Crippen molar-refractivity contribution in [2.24, 2.45) is 5.14 Å². The van der Waals surface area contributed by atoms with Gasteiger partial charge in [0.05, 0.1) is 6.42 Å². The van der Waals surface area contributed by atoms with E-state index in [4.69, 9.17) is 33.1 Å². The molecule has 0 bridgehead atoms. The highest BCUT2D eigenvalue weighted by Crippen LogP contribution is 2.31. The minimum atomic E-state index is -4.17. The van der Waals surface area contributed by atoms with Gasteiger partial charge in [-0.1, -0.05) is 29.3 Å². The molecule has 0 aliphatic carbocycles. The topological polar surface area (TPSA) is 98.5 Å². The largest absolute Gasteiger partial charge is 0.456 e. The van der Waals surface area contributed by atoms with Crippen LogP contribution in [0.1, 0.15) is 5.56 Å². The average molecular weight is 469 g/mol. The molecule has 0 heterocycles. The van der Waals surface area contributed by atoms with Crippen molar-refractivity contribution < 1.29 is 22.3 Å². The lowest BCUT2D eigenvalue weighted by atomic mass is 10.1. The summed E-state index contributed by atoms with van der Waals surface area (Å²) in [4.78, 5) is 12.0. The molecule has 0 saturated carbocycles. The van der Waals surface area contributed by atoms with E-state index in [-0.39, 0.29) is 27.8 Å². The Morgan fingerprint density at radius 2 is 1.83 bits per heavy atom. The number of carbonyl (C=O) groups excluding carboxylic acids is 1. The second kappa shape index (κ2) is 9.01. The molecule has 1 amide bonds. The molecule has 3 N–H and O–H groups in total. The lowest BCUT2D eigenvalue weighted by Gasteiger charge is -2.13. The van der Waals surface area contributed by atoms with Crippen LogP contribution in [-0.4, -0.2) is 14.3 Å². The van der Waals surface area contributed by atoms with E-state index in [2.05, 4.69) is 5.32 Å². The zero-order valence-corrected chi connectivity index (χ0v) is 17.6. The fraction of sp³-hybridized carbons (Fsp3) is 0.0500. The summed E-state index contributed by atoms with van der Waals surface area (Å²) in [7, 11) is -4.17. The summed E-state index contributed by atoms with van der Waals surface area (Å²) in [5.74, 6) is -0.775. The van der Waals surface area contributed by atoms with Gasteiger partial charge in [0.15, 0.2) is 0 Å². The van der Waals surface area contributed by atoms with Crippen molar-refractivity contribution in [2.75, 3.05) is 5.32 Å². The van der Waals surface area contributed by atoms with Gasteiger partial charge >= 0.3 is 0 Å². The van der Waals surface area contributed by atoms with Crippen molar-refractivity contribution in [3.05, 3.63) is 82.1 Å². The van der Waals surface area contributed by atoms with Crippen LogP contribution in [0.25, 0.3) is 0 Å². The molecule has 0 spiro atoms. The maximum absolute atomic E-state index is 13.4. The Balaban J connectivity index is 1.84. The number of hydrogen-bond acceptors (Lipinski definition) is 4. The number of nitrogens with one attached hydrogen (secondary N) is 1. The number of ether oxygens (including phenoxy) is 1. The molecule has 0 radical (unpaired) electrons. The van der Waals surface area contributed by atoms with Gasteiger partial charge in [-0.15, -0.1) is 0 Å². The molecule has 3 aromatic rings. The predicted octanol–water partition coefficient (Wildman–Crippen LogP) is 4.75. The van der Waals surface area contributed by atoms with Gasteiger partial charge in [0.25, 0.3) is 0 Å². The standard InChI is InChI=1S/C20H15Cl2FN2O4S/c21-13-2-1-3-16(10-13)29-18-7-5-15(11-19(18)30(24,27)28)25-20(26)9-12-8-14(23)4-6-17(12)22/h1-8,10-11H,9H2,(H,25,26)(H2,24,27,28). The molecule has 0 saturated heterocycles. The van der Waals surface area contributed by atoms with E-state index in [9.17, 15) is 17.6 Å². The third kappa shape index (κ3) is 5.70. The molecule has 0 aromatic heterocycles. The first-order chi connectivity index (χ1) is 14.1. The summed E-state index contributed by atoms with van der Waals surface area (Å²) < 4.78 is 43.0. The second-order valence-electron chi connectivity index (χ2n) is 6.23. The molecule has 3 aromatic carbocycles. The SMILES string of the molecule is NS(=O)(=O)c1cc(NC(=O)Cc2cc(F)ccc2Cl)ccc1Oc1cccc(Cl)c1. The molecule has 0 aliphatic rings. The Morgan fingerprint density at radius 3 is 2.53 bits per heavy atom. The van der Waals surface area contributed by atoms with Crippen LogP contribution in [0.5, 0.6) is 11.5 Å². The smallest absolute Gasteiger partial charge is 0.241 e. The number of amides is 1. The van der Waals surface area contributed by atoms with E-state index in [0.29, 0.717) is 16.3 Å². The number of benzene rings is 3. The van der Waals surface area contributed by atoms with Crippen molar-refractivity contribution in [3.63, 3.8) is 0 Å². The lowest BCUT2D eigenvalue weighted by molar-refractivity contribution is -0.115. The molecule has 156 valence electrons. The van der Waals surface area contributed by atoms with Crippen LogP contribution in [0.15, 0.2) is 65.6 Å². The first kappa shape index (κ1) is 22.0. The number of halogens is 3. The first-order valence-corrected chi connectivity index (χ1v) is 10.8. The normalized spacial score (nSPS) is 11.2. The van der Waals surface area contributed by atoms with E-state index in [1.165, 1.54) is 36.4 Å². The average Bonchev–Trinajstić information content (AvgIpc) is 2.65. The number of sulfonamides is 1. The van der Waals surface area contributed by atoms with Gasteiger partial charge in [0.1, 0.15) is 22.2 Å². The zero-order valence-electron chi connectivity index (χ0n) is 15.2. The summed E-state index contributed by atoms with van der Waals surface area (Å²) in [6.07, 6.45) is -0.206. The van der Waals surface area contributed by atoms with Gasteiger partial charge in [0.2, 0.25) is 15.9 Å². The highest BCUT2D eigenvalue weighted by molar-refractivity contribution is 7.89. The van der Waals surface area contributed by atoms with Crippen LogP contribution in [0.2, 0.25) is 10.0 Å². The number of carbonyl (C=O) groups is 1. The van der Waals surface area contributed by atoms with Crippen LogP contribution in [0, 0.1) is 5.82 Å². The van der Waals surface area contributed by atoms with Gasteiger partial charge in [0, 0.05) is 15.7 Å². The summed E-state index contributed by atoms with van der Waals surface area (Å²) in [5, 5.41) is 8.47. The molecule has 0 aliphatic heterocycles. The molecule has 30 heavy (non-hydrogen) atoms. The molecule has 3 rings (SSSR count). The Kier molecular flexibility index (Phi) is 6.62. The van der Waals surface area contributed by atoms with Crippen LogP contribution in [-0.2, 0) is 21.2 Å². The summed E-state index contributed by atoms with van der Waals surface area (Å²) in [6.45, 7) is 0. The molecule has 10 heteroatoms. The number of rotatable bonds is 6. The highest BCUT2D eigenvalue weighted by atomic mass is 35.5. The van der Waals surface area contributed by atoms with Gasteiger partial charge in [-0.05, 0) is 60.2 Å². The first-order valence-electron chi connectivity index (χ1n) is 8.46. The maximum Gasteiger partial charge on any atom is 0.241 e. The van der Waals surface area contributed by atoms with Gasteiger partial charge in [-0.25, -0.2) is 17.9 Å². The summed E-state index contributed by atoms with van der Waals surface area (Å²) in [5.41, 5.74) is 0.455. The molecule has 0 fully saturated rings. The van der Waals surface area contributed by atoms with E-state index < -0.39 is 21.7 Å². The van der Waals surface area contributed by atoms with Crippen molar-refractivity contribution in [1.29, 1.82) is 0 Å². The molecule has 0 unspecified atom stereocenters. The van der Waals surface area contributed by atoms with E-state index in [0.717, 1.165) is 6.07 Å². The predicted molar refractivity (Wildman–Crippen MR) is 113 cm³/mol. The molecule has 0 atom stereocenters. The van der Waals surface area contributed by atoms with Crippen molar-refractivity contribution >= 4 is 44.8 Å². The molecular formula is C20H15Cl2FN2O4S. The van der Waals surface area contributed by atoms with Crippen molar-refractivity contribution in [3.8, 4) is 11.5 Å². The number of hydrogen-bond donors (Lipinski definition) is 2. The number of primary sulfonamides is 1. The highest BCUT2D eigenvalue weighted by Gasteiger charge is 2.18. The fourth-order valence-corrected chi connectivity index (χ4v) is 3.65. The number of anilines is 1. The van der Waals surface area contributed by atoms with Crippen molar-refractivity contribution in [2.45, 2.75) is 11.3 Å². The van der Waals surface area contributed by atoms with Crippen LogP contribution in [0.4, 0.5) is 10.1 Å². The van der Waals surface area contributed by atoms with Gasteiger partial charge in [-0.3, -0.25) is 4.79 Å². The number of nitrogens with two attached hydrogens (primary N) is 1. The third-order valence-electron chi connectivity index (χ3n) is 3.92. The molecular weight excluding hydrogens is 454 g/mol. The van der Waals surface area contributed by atoms with Gasteiger partial charge in [-0.2, -0.15) is 0 Å². The zero-order chi connectivity index (χ0) is 21.9. The quantitative estimate of drug-likeness (QED) is 0.544. The van der Waals surface area contributed by atoms with E-state index in [1.54, 1.807) is 18.2 Å². The monoisotopic (exact) mass is 468 g/mol. The Morgan fingerprint density at radius 1 is 1.07 bits per heavy atom. The Bertz CT molecular complexity index is 1220. The summed E-state index contributed by atoms with van der Waals surface area (Å²) in [6, 6.07) is 14.0.